The Morgan fingerprint density at radius 3 is 2.30 bits per heavy atom. The largest absolute Gasteiger partial charge is 0.447 e. The Hall–Kier alpha value is -3.02. The summed E-state index contributed by atoms with van der Waals surface area (Å²) in [6.45, 7) is 0.779. The molecule has 0 atom stereocenters. The van der Waals surface area contributed by atoms with Gasteiger partial charge < -0.3 is 14.8 Å². The van der Waals surface area contributed by atoms with Crippen LogP contribution in [-0.4, -0.2) is 58.1 Å². The molecule has 1 aliphatic rings. The molecule has 2 N–H and O–H groups in total. The van der Waals surface area contributed by atoms with E-state index >= 15 is 0 Å². The minimum Gasteiger partial charge on any atom is -0.447 e. The molecule has 3 rings (SSSR count). The number of amides is 2. The van der Waals surface area contributed by atoms with Crippen LogP contribution in [0.15, 0.2) is 53.4 Å². The minimum absolute atomic E-state index is 0.0249. The van der Waals surface area contributed by atoms with Gasteiger partial charge in [0.15, 0.2) is 0 Å². The van der Waals surface area contributed by atoms with Crippen molar-refractivity contribution in [1.82, 2.24) is 4.31 Å². The average Bonchev–Trinajstić information content (AvgIpc) is 2.80. The summed E-state index contributed by atoms with van der Waals surface area (Å²) in [5.74, 6) is -1.10. The van der Waals surface area contributed by atoms with Crippen molar-refractivity contribution in [2.45, 2.75) is 17.7 Å². The zero-order valence-corrected chi connectivity index (χ0v) is 18.9. The van der Waals surface area contributed by atoms with Crippen LogP contribution < -0.4 is 10.6 Å². The monoisotopic (exact) mass is 479 g/mol. The van der Waals surface area contributed by atoms with E-state index in [9.17, 15) is 22.4 Å². The quantitative estimate of drug-likeness (QED) is 0.563. The average molecular weight is 480 g/mol. The molecule has 0 aliphatic carbocycles. The summed E-state index contributed by atoms with van der Waals surface area (Å²) in [6.07, 6.45) is 0.0803. The maximum Gasteiger partial charge on any atom is 0.411 e. The zero-order chi connectivity index (χ0) is 23.8. The number of methoxy groups -OCH3 is 1. The third-order valence-electron chi connectivity index (χ3n) is 5.17. The number of halogens is 1. The molecule has 0 saturated carbocycles. The number of sulfonamides is 1. The molecule has 1 heterocycles. The van der Waals surface area contributed by atoms with Crippen molar-refractivity contribution < 1.29 is 31.9 Å². The highest BCUT2D eigenvalue weighted by Crippen LogP contribution is 2.25. The van der Waals surface area contributed by atoms with Crippen LogP contribution in [0.25, 0.3) is 0 Å². The van der Waals surface area contributed by atoms with Crippen LogP contribution in [0.2, 0.25) is 0 Å². The first kappa shape index (κ1) is 24.6. The van der Waals surface area contributed by atoms with Crippen LogP contribution in [-0.2, 0) is 24.3 Å². The van der Waals surface area contributed by atoms with Gasteiger partial charge in [0.05, 0.1) is 11.5 Å². The number of hydrogen-bond acceptors (Lipinski definition) is 6. The molecule has 1 aliphatic heterocycles. The SMILES string of the molecule is COCCOC(=O)Nc1cccc(NC(=O)C2CCN(S(=O)(=O)c3ccc(F)cc3)CC2)c1. The summed E-state index contributed by atoms with van der Waals surface area (Å²) >= 11 is 0. The summed E-state index contributed by atoms with van der Waals surface area (Å²) in [7, 11) is -2.24. The molecule has 1 fully saturated rings. The number of carbonyl (C=O) groups excluding carboxylic acids is 2. The Labute approximate surface area is 191 Å². The van der Waals surface area contributed by atoms with E-state index in [-0.39, 0.29) is 43.0 Å². The molecule has 2 aromatic carbocycles. The van der Waals surface area contributed by atoms with Crippen molar-refractivity contribution in [3.8, 4) is 0 Å². The maximum atomic E-state index is 13.1. The van der Waals surface area contributed by atoms with E-state index in [0.717, 1.165) is 12.1 Å². The predicted octanol–water partition coefficient (Wildman–Crippen LogP) is 3.06. The molecule has 1 saturated heterocycles. The Morgan fingerprint density at radius 2 is 1.67 bits per heavy atom. The highest BCUT2D eigenvalue weighted by atomic mass is 32.2. The summed E-state index contributed by atoms with van der Waals surface area (Å²) < 4.78 is 49.6. The van der Waals surface area contributed by atoms with E-state index in [1.165, 1.54) is 23.5 Å². The van der Waals surface area contributed by atoms with Crippen LogP contribution in [0.5, 0.6) is 0 Å². The van der Waals surface area contributed by atoms with Gasteiger partial charge in [-0.1, -0.05) is 6.07 Å². The Bertz CT molecular complexity index is 1070. The molecule has 178 valence electrons. The van der Waals surface area contributed by atoms with Gasteiger partial charge in [0.1, 0.15) is 12.4 Å². The van der Waals surface area contributed by atoms with Gasteiger partial charge in [-0.15, -0.1) is 0 Å². The van der Waals surface area contributed by atoms with Gasteiger partial charge in [-0.3, -0.25) is 10.1 Å². The lowest BCUT2D eigenvalue weighted by Crippen LogP contribution is -2.41. The molecular formula is C22H26FN3O6S. The Kier molecular flexibility index (Phi) is 8.37. The molecular weight excluding hydrogens is 453 g/mol. The molecule has 0 radical (unpaired) electrons. The normalized spacial score (nSPS) is 15.1. The van der Waals surface area contributed by atoms with Gasteiger partial charge in [-0.2, -0.15) is 4.31 Å². The summed E-state index contributed by atoms with van der Waals surface area (Å²) in [4.78, 5) is 24.5. The van der Waals surface area contributed by atoms with Gasteiger partial charge in [-0.05, 0) is 55.3 Å². The number of nitrogens with zero attached hydrogens (tertiary/aromatic N) is 1. The number of benzene rings is 2. The van der Waals surface area contributed by atoms with Crippen LogP contribution in [0.1, 0.15) is 12.8 Å². The number of carbonyl (C=O) groups is 2. The van der Waals surface area contributed by atoms with Crippen molar-refractivity contribution in [3.63, 3.8) is 0 Å². The fourth-order valence-electron chi connectivity index (χ4n) is 3.40. The predicted molar refractivity (Wildman–Crippen MR) is 120 cm³/mol. The van der Waals surface area contributed by atoms with Crippen molar-refractivity contribution >= 4 is 33.4 Å². The lowest BCUT2D eigenvalue weighted by Gasteiger charge is -2.30. The second-order valence-electron chi connectivity index (χ2n) is 7.46. The second-order valence-corrected chi connectivity index (χ2v) is 9.39. The molecule has 0 aromatic heterocycles. The lowest BCUT2D eigenvalue weighted by molar-refractivity contribution is -0.120. The smallest absolute Gasteiger partial charge is 0.411 e. The van der Waals surface area contributed by atoms with Crippen molar-refractivity contribution in [2.24, 2.45) is 5.92 Å². The van der Waals surface area contributed by atoms with E-state index in [1.54, 1.807) is 24.3 Å². The first-order chi connectivity index (χ1) is 15.8. The molecule has 9 nitrogen and oxygen atoms in total. The maximum absolute atomic E-state index is 13.1. The second kappa shape index (κ2) is 11.2. The van der Waals surface area contributed by atoms with E-state index in [2.05, 4.69) is 10.6 Å². The number of rotatable bonds is 8. The summed E-state index contributed by atoms with van der Waals surface area (Å²) in [5, 5.41) is 5.38. The fraction of sp³-hybridized carbons (Fsp3) is 0.364. The fourth-order valence-corrected chi connectivity index (χ4v) is 4.87. The molecule has 11 heteroatoms. The first-order valence-corrected chi connectivity index (χ1v) is 11.8. The highest BCUT2D eigenvalue weighted by molar-refractivity contribution is 7.89. The minimum atomic E-state index is -3.74. The van der Waals surface area contributed by atoms with Crippen LogP contribution in [0.4, 0.5) is 20.6 Å². The summed E-state index contributed by atoms with van der Waals surface area (Å²) in [5.41, 5.74) is 0.950. The van der Waals surface area contributed by atoms with Gasteiger partial charge in [0, 0.05) is 37.5 Å². The van der Waals surface area contributed by atoms with Crippen molar-refractivity contribution in [3.05, 3.63) is 54.3 Å². The molecule has 2 amide bonds. The van der Waals surface area contributed by atoms with Crippen LogP contribution >= 0.6 is 0 Å². The van der Waals surface area contributed by atoms with E-state index < -0.39 is 21.9 Å². The summed E-state index contributed by atoms with van der Waals surface area (Å²) in [6, 6.07) is 11.3. The topological polar surface area (TPSA) is 114 Å². The third kappa shape index (κ3) is 6.73. The van der Waals surface area contributed by atoms with Crippen LogP contribution in [0.3, 0.4) is 0 Å². The number of ether oxygens (including phenoxy) is 2. The molecule has 2 aromatic rings. The van der Waals surface area contributed by atoms with Gasteiger partial charge >= 0.3 is 6.09 Å². The molecule has 33 heavy (non-hydrogen) atoms. The lowest BCUT2D eigenvalue weighted by atomic mass is 9.97. The van der Waals surface area contributed by atoms with E-state index in [0.29, 0.717) is 24.2 Å². The van der Waals surface area contributed by atoms with E-state index in [1.807, 2.05) is 0 Å². The number of hydrogen-bond donors (Lipinski definition) is 2. The van der Waals surface area contributed by atoms with Gasteiger partial charge in [0.2, 0.25) is 15.9 Å². The van der Waals surface area contributed by atoms with E-state index in [4.69, 9.17) is 9.47 Å². The molecule has 0 bridgehead atoms. The Morgan fingerprint density at radius 1 is 1.03 bits per heavy atom. The third-order valence-corrected chi connectivity index (χ3v) is 7.09. The highest BCUT2D eigenvalue weighted by Gasteiger charge is 2.32. The van der Waals surface area contributed by atoms with Crippen molar-refractivity contribution in [1.29, 1.82) is 0 Å². The molecule has 0 spiro atoms. The number of anilines is 2. The first-order valence-electron chi connectivity index (χ1n) is 10.4. The zero-order valence-electron chi connectivity index (χ0n) is 18.1. The van der Waals surface area contributed by atoms with Crippen LogP contribution in [0, 0.1) is 11.7 Å². The van der Waals surface area contributed by atoms with Crippen molar-refractivity contribution in [2.75, 3.05) is 44.0 Å². The number of piperidine rings is 1. The Balaban J connectivity index is 1.53. The molecule has 0 unspecified atom stereocenters. The van der Waals surface area contributed by atoms with Gasteiger partial charge in [0.25, 0.3) is 0 Å². The standard InChI is InChI=1S/C22H26FN3O6S/c1-31-13-14-32-22(28)25-19-4-2-3-18(15-19)24-21(27)16-9-11-26(12-10-16)33(29,30)20-7-5-17(23)6-8-20/h2-8,15-16H,9-14H2,1H3,(H,24,27)(H,25,28). The number of nitrogens with one attached hydrogen (secondary N) is 2. The van der Waals surface area contributed by atoms with Gasteiger partial charge in [-0.25, -0.2) is 17.6 Å².